The van der Waals surface area contributed by atoms with Crippen LogP contribution in [0.5, 0.6) is 0 Å². The molecule has 0 nitrogen and oxygen atoms in total. The van der Waals surface area contributed by atoms with Crippen LogP contribution in [0.1, 0.15) is 17.5 Å². The molecule has 0 aliphatic heterocycles. The largest absolute Gasteiger partial charge is 0.226 e. The number of halogens is 9. The third-order valence-electron chi connectivity index (χ3n) is 4.03. The highest BCUT2D eigenvalue weighted by Gasteiger charge is 2.69. The maximum atomic E-state index is 6.52. The Morgan fingerprint density at radius 1 is 0.739 bits per heavy atom. The molecular weight excluding hydrogens is 487 g/mol. The molecule has 0 amide bonds. The second-order valence-corrected chi connectivity index (χ2v) is 11.8. The molecule has 0 spiro atoms. The Hall–Kier alpha value is 1.83. The lowest BCUT2D eigenvalue weighted by Gasteiger charge is -2.47. The number of benzene rings is 1. The van der Waals surface area contributed by atoms with E-state index in [1.807, 2.05) is 18.2 Å². The van der Waals surface area contributed by atoms with Crippen LogP contribution in [0.25, 0.3) is 0 Å². The number of hydrogen-bond donors (Lipinski definition) is 0. The number of hydrogen-bond acceptors (Lipinski definition) is 0. The lowest BCUT2D eigenvalue weighted by Crippen LogP contribution is -2.59. The fourth-order valence-corrected chi connectivity index (χ4v) is 5.11. The fourth-order valence-electron chi connectivity index (χ4n) is 2.65. The van der Waals surface area contributed by atoms with Crippen molar-refractivity contribution < 1.29 is 0 Å². The number of fused-ring (bicyclic) bond motifs is 1. The van der Waals surface area contributed by atoms with Gasteiger partial charge in [-0.3, -0.25) is 0 Å². The summed E-state index contributed by atoms with van der Waals surface area (Å²) in [5.41, 5.74) is 2.34. The van der Waals surface area contributed by atoms with Crippen molar-refractivity contribution in [2.75, 3.05) is 0 Å². The highest BCUT2D eigenvalue weighted by atomic mass is 35.6. The van der Waals surface area contributed by atoms with E-state index in [-0.39, 0.29) is 5.92 Å². The molecular formula is C14H11Cl9. The van der Waals surface area contributed by atoms with Crippen molar-refractivity contribution in [2.45, 2.75) is 36.1 Å². The molecule has 0 bridgehead atoms. The average molecular weight is 498 g/mol. The van der Waals surface area contributed by atoms with E-state index in [9.17, 15) is 0 Å². The van der Waals surface area contributed by atoms with E-state index in [0.29, 0.717) is 12.8 Å². The first kappa shape index (κ1) is 21.1. The Bertz CT molecular complexity index is 574. The van der Waals surface area contributed by atoms with E-state index in [4.69, 9.17) is 104 Å². The Morgan fingerprint density at radius 2 is 1.26 bits per heavy atom. The molecule has 0 heterocycles. The van der Waals surface area contributed by atoms with Gasteiger partial charge in [-0.15, -0.1) is 0 Å². The van der Waals surface area contributed by atoms with Gasteiger partial charge in [0.25, 0.3) is 0 Å². The lowest BCUT2D eigenvalue weighted by molar-refractivity contribution is 0.367. The maximum absolute atomic E-state index is 6.52. The van der Waals surface area contributed by atoms with Crippen LogP contribution in [0.2, 0.25) is 0 Å². The second kappa shape index (κ2) is 7.10. The summed E-state index contributed by atoms with van der Waals surface area (Å²) in [6, 6.07) is 7.97. The quantitative estimate of drug-likeness (QED) is 0.375. The molecule has 23 heavy (non-hydrogen) atoms. The van der Waals surface area contributed by atoms with E-state index >= 15 is 0 Å². The summed E-state index contributed by atoms with van der Waals surface area (Å²) in [4.78, 5) is 0. The predicted octanol–water partition coefficient (Wildman–Crippen LogP) is 7.68. The topological polar surface area (TPSA) is 0 Å². The highest BCUT2D eigenvalue weighted by molar-refractivity contribution is 6.80. The first-order valence-electron chi connectivity index (χ1n) is 6.59. The Labute approximate surface area is 180 Å². The minimum absolute atomic E-state index is 0.319. The monoisotopic (exact) mass is 494 g/mol. The third kappa shape index (κ3) is 3.78. The Balaban J connectivity index is 2.35. The standard InChI is InChI=1S/C14H11Cl9/c15-11(16,12(17,18)13(19,20)14(21,22)23)10-6-5-8-3-1-2-4-9(8)7-10/h1-4,10H,5-7H2. The molecule has 2 rings (SSSR count). The van der Waals surface area contributed by atoms with Crippen molar-refractivity contribution in [3.63, 3.8) is 0 Å². The van der Waals surface area contributed by atoms with Crippen molar-refractivity contribution >= 4 is 104 Å². The number of rotatable bonds is 3. The zero-order chi connectivity index (χ0) is 17.7. The molecule has 1 aromatic carbocycles. The first-order chi connectivity index (χ1) is 10.3. The van der Waals surface area contributed by atoms with Gasteiger partial charge in [0.1, 0.15) is 0 Å². The van der Waals surface area contributed by atoms with Crippen molar-refractivity contribution in [3.8, 4) is 0 Å². The molecule has 9 heteroatoms. The highest BCUT2D eigenvalue weighted by Crippen LogP contribution is 2.64. The van der Waals surface area contributed by atoms with Gasteiger partial charge in [-0.05, 0) is 36.3 Å². The number of alkyl halides is 9. The van der Waals surface area contributed by atoms with E-state index in [2.05, 4.69) is 6.07 Å². The lowest BCUT2D eigenvalue weighted by atomic mass is 9.80. The van der Waals surface area contributed by atoms with Gasteiger partial charge in [0, 0.05) is 0 Å². The molecule has 0 saturated carbocycles. The summed E-state index contributed by atoms with van der Waals surface area (Å²) in [5.74, 6) is -0.319. The van der Waals surface area contributed by atoms with Crippen LogP contribution in [0.15, 0.2) is 24.3 Å². The second-order valence-electron chi connectivity index (χ2n) is 5.48. The summed E-state index contributed by atoms with van der Waals surface area (Å²) in [5, 5.41) is 0. The van der Waals surface area contributed by atoms with Gasteiger partial charge in [0.05, 0.1) is 0 Å². The SMILES string of the molecule is ClC(Cl)(Cl)C(Cl)(Cl)C(Cl)(Cl)C(Cl)(Cl)C1CCc2ccccc2C1. The molecule has 1 aliphatic rings. The van der Waals surface area contributed by atoms with E-state index in [0.717, 1.165) is 12.0 Å². The summed E-state index contributed by atoms with van der Waals surface area (Å²) in [6.45, 7) is 0. The van der Waals surface area contributed by atoms with Gasteiger partial charge in [0.15, 0.2) is 13.0 Å². The van der Waals surface area contributed by atoms with Crippen LogP contribution in [0.3, 0.4) is 0 Å². The van der Waals surface area contributed by atoms with E-state index < -0.39 is 16.8 Å². The van der Waals surface area contributed by atoms with Gasteiger partial charge >= 0.3 is 0 Å². The minimum atomic E-state index is -2.23. The zero-order valence-corrected chi connectivity index (χ0v) is 18.2. The molecule has 1 aliphatic carbocycles. The van der Waals surface area contributed by atoms with Crippen LogP contribution < -0.4 is 0 Å². The molecule has 1 unspecified atom stereocenters. The third-order valence-corrected chi connectivity index (χ3v) is 9.71. The molecule has 0 fully saturated rings. The molecule has 1 atom stereocenters. The van der Waals surface area contributed by atoms with Crippen molar-refractivity contribution in [1.82, 2.24) is 0 Å². The predicted molar refractivity (Wildman–Crippen MR) is 106 cm³/mol. The van der Waals surface area contributed by atoms with Crippen molar-refractivity contribution in [2.24, 2.45) is 5.92 Å². The van der Waals surface area contributed by atoms with Crippen molar-refractivity contribution in [3.05, 3.63) is 35.4 Å². The van der Waals surface area contributed by atoms with Gasteiger partial charge < -0.3 is 0 Å². The summed E-state index contributed by atoms with van der Waals surface area (Å²) >= 11 is 55.5. The van der Waals surface area contributed by atoms with Gasteiger partial charge in [-0.1, -0.05) is 129 Å². The summed E-state index contributed by atoms with van der Waals surface area (Å²) in [6.07, 6.45) is 1.99. The van der Waals surface area contributed by atoms with Crippen LogP contribution in [0, 0.1) is 5.92 Å². The minimum Gasteiger partial charge on any atom is -0.0978 e. The first-order valence-corrected chi connectivity index (χ1v) is 9.99. The Morgan fingerprint density at radius 3 is 1.78 bits per heavy atom. The molecule has 0 radical (unpaired) electrons. The van der Waals surface area contributed by atoms with Crippen molar-refractivity contribution in [1.29, 1.82) is 0 Å². The average Bonchev–Trinajstić information content (AvgIpc) is 2.45. The zero-order valence-electron chi connectivity index (χ0n) is 11.4. The maximum Gasteiger partial charge on any atom is 0.226 e. The summed E-state index contributed by atoms with van der Waals surface area (Å²) in [7, 11) is 0. The molecule has 1 aromatic rings. The van der Waals surface area contributed by atoms with Crippen LogP contribution in [0.4, 0.5) is 0 Å². The Kier molecular flexibility index (Phi) is 6.52. The van der Waals surface area contributed by atoms with Crippen LogP contribution in [-0.2, 0) is 12.8 Å². The normalized spacial score (nSPS) is 20.3. The molecule has 0 aromatic heterocycles. The van der Waals surface area contributed by atoms with Gasteiger partial charge in [-0.25, -0.2) is 0 Å². The van der Waals surface area contributed by atoms with Gasteiger partial charge in [-0.2, -0.15) is 0 Å². The van der Waals surface area contributed by atoms with E-state index in [1.54, 1.807) is 0 Å². The van der Waals surface area contributed by atoms with Crippen LogP contribution in [-0.4, -0.2) is 16.8 Å². The van der Waals surface area contributed by atoms with Crippen LogP contribution >= 0.6 is 104 Å². The molecule has 130 valence electrons. The molecule has 0 N–H and O–H groups in total. The number of aryl methyl sites for hydroxylation is 1. The van der Waals surface area contributed by atoms with Gasteiger partial charge in [0.2, 0.25) is 3.79 Å². The van der Waals surface area contributed by atoms with E-state index in [1.165, 1.54) is 5.56 Å². The molecule has 0 saturated heterocycles. The summed E-state index contributed by atoms with van der Waals surface area (Å²) < 4.78 is -8.29. The fraction of sp³-hybridized carbons (Fsp3) is 0.571. The smallest absolute Gasteiger partial charge is 0.0978 e.